The van der Waals surface area contributed by atoms with E-state index in [1.54, 1.807) is 0 Å². The Balaban J connectivity index is 0. The molecule has 0 aromatic carbocycles. The fourth-order valence-electron chi connectivity index (χ4n) is 0.721. The van der Waals surface area contributed by atoms with Crippen molar-refractivity contribution in [3.63, 3.8) is 0 Å². The number of carbonyl (C=O) groups is 1. The summed E-state index contributed by atoms with van der Waals surface area (Å²) in [5.41, 5.74) is 0. The molecule has 0 aliphatic heterocycles. The third-order valence-electron chi connectivity index (χ3n) is 1.35. The van der Waals surface area contributed by atoms with Crippen molar-refractivity contribution < 1.29 is 15.0 Å². The third-order valence-corrected chi connectivity index (χ3v) is 2.06. The Bertz CT molecular complexity index is 113. The molecule has 4 heteroatoms. The smallest absolute Gasteiger partial charge is 0.126 e. The van der Waals surface area contributed by atoms with Gasteiger partial charge < -0.3 is 15.0 Å². The Labute approximate surface area is 83.6 Å². The molecule has 0 rings (SSSR count). The summed E-state index contributed by atoms with van der Waals surface area (Å²) >= 11 is 0. The zero-order valence-electron chi connectivity index (χ0n) is 8.92. The van der Waals surface area contributed by atoms with Crippen LogP contribution in [0.1, 0.15) is 33.1 Å². The van der Waals surface area contributed by atoms with Crippen LogP contribution in [0.2, 0.25) is 6.04 Å². The van der Waals surface area contributed by atoms with Crippen LogP contribution < -0.4 is 0 Å². The summed E-state index contributed by atoms with van der Waals surface area (Å²) in [6, 6.07) is 1.30. The van der Waals surface area contributed by atoms with Crippen LogP contribution in [0.3, 0.4) is 0 Å². The lowest BCUT2D eigenvalue weighted by Crippen LogP contribution is -2.10. The van der Waals surface area contributed by atoms with Gasteiger partial charge in [0.15, 0.2) is 0 Å². The molecular weight excluding hydrogens is 184 g/mol. The van der Waals surface area contributed by atoms with Gasteiger partial charge in [-0.1, -0.05) is 18.9 Å². The lowest BCUT2D eigenvalue weighted by atomic mass is 10.2. The summed E-state index contributed by atoms with van der Waals surface area (Å²) in [6.45, 7) is 2.97. The largest absolute Gasteiger partial charge is 0.394 e. The quantitative estimate of drug-likeness (QED) is 0.487. The average molecular weight is 206 g/mol. The van der Waals surface area contributed by atoms with Crippen molar-refractivity contribution in [2.24, 2.45) is 0 Å². The van der Waals surface area contributed by atoms with Gasteiger partial charge in [0, 0.05) is 10.2 Å². The van der Waals surface area contributed by atoms with Gasteiger partial charge in [-0.15, -0.1) is 0 Å². The molecule has 0 aliphatic rings. The van der Waals surface area contributed by atoms with E-state index in [4.69, 9.17) is 10.2 Å². The second kappa shape index (κ2) is 11.8. The van der Waals surface area contributed by atoms with Crippen LogP contribution in [0.4, 0.5) is 0 Å². The summed E-state index contributed by atoms with van der Waals surface area (Å²) in [6.07, 6.45) is 2.56. The highest BCUT2D eigenvalue weighted by Crippen LogP contribution is 2.01. The predicted molar refractivity (Wildman–Crippen MR) is 58.0 cm³/mol. The fourth-order valence-corrected chi connectivity index (χ4v) is 1.22. The van der Waals surface area contributed by atoms with Crippen LogP contribution in [0.15, 0.2) is 0 Å². The predicted octanol–water partition coefficient (Wildman–Crippen LogP) is -0.111. The van der Waals surface area contributed by atoms with E-state index in [-0.39, 0.29) is 12.4 Å². The molecule has 1 unspecified atom stereocenters. The normalized spacial score (nSPS) is 11.7. The molecule has 0 aromatic rings. The van der Waals surface area contributed by atoms with Crippen molar-refractivity contribution in [1.29, 1.82) is 0 Å². The number of ketones is 1. The maximum atomic E-state index is 9.44. The fraction of sp³-hybridized carbons (Fsp3) is 0.889. The maximum Gasteiger partial charge on any atom is 0.126 e. The number of unbranched alkanes of at least 4 members (excludes halogenated alkanes) is 1. The van der Waals surface area contributed by atoms with E-state index in [1.807, 2.05) is 0 Å². The van der Waals surface area contributed by atoms with Crippen molar-refractivity contribution in [3.05, 3.63) is 0 Å². The Kier molecular flexibility index (Phi) is 13.9. The first kappa shape index (κ1) is 15.3. The van der Waals surface area contributed by atoms with Crippen molar-refractivity contribution in [3.8, 4) is 0 Å². The highest BCUT2D eigenvalue weighted by atomic mass is 28.1. The van der Waals surface area contributed by atoms with E-state index in [0.29, 0.717) is 0 Å². The monoisotopic (exact) mass is 206 g/mol. The van der Waals surface area contributed by atoms with Crippen molar-refractivity contribution in [1.82, 2.24) is 0 Å². The second-order valence-corrected chi connectivity index (χ2v) is 4.24. The molecule has 0 fully saturated rings. The molecule has 80 valence electrons. The van der Waals surface area contributed by atoms with E-state index in [2.05, 4.69) is 0 Å². The molecule has 0 spiro atoms. The van der Waals surface area contributed by atoms with Crippen LogP contribution in [0.25, 0.3) is 0 Å². The van der Waals surface area contributed by atoms with Gasteiger partial charge in [0.2, 0.25) is 0 Å². The van der Waals surface area contributed by atoms with Crippen LogP contribution >= 0.6 is 0 Å². The first-order chi connectivity index (χ1) is 6.04. The molecule has 0 bridgehead atoms. The van der Waals surface area contributed by atoms with Crippen LogP contribution in [-0.4, -0.2) is 38.9 Å². The number of aliphatic hydroxyl groups is 2. The number of carbonyl (C=O) groups excluding carboxylic acids is 1. The number of Topliss-reactive ketones (excluding diaryl/α,β-unsaturated/α-hetero) is 1. The second-order valence-electron chi connectivity index (χ2n) is 3.24. The van der Waals surface area contributed by atoms with Crippen LogP contribution in [-0.2, 0) is 4.79 Å². The molecular formula is C9H22O3Si. The Morgan fingerprint density at radius 2 is 1.85 bits per heavy atom. The van der Waals surface area contributed by atoms with Gasteiger partial charge in [-0.05, 0) is 20.3 Å². The van der Waals surface area contributed by atoms with Gasteiger partial charge >= 0.3 is 0 Å². The SMILES string of the molecule is CC(C)=O.OCC(O)CCCC[SiH3]. The molecule has 0 amide bonds. The molecule has 0 aliphatic carbocycles. The molecule has 0 aromatic heterocycles. The summed E-state index contributed by atoms with van der Waals surface area (Å²) in [7, 11) is 1.26. The van der Waals surface area contributed by atoms with Gasteiger partial charge in [-0.25, -0.2) is 0 Å². The summed E-state index contributed by atoms with van der Waals surface area (Å²) in [5, 5.41) is 17.2. The summed E-state index contributed by atoms with van der Waals surface area (Å²) in [5.74, 6) is 0.167. The summed E-state index contributed by atoms with van der Waals surface area (Å²) in [4.78, 5) is 9.44. The highest BCUT2D eigenvalue weighted by Gasteiger charge is 1.98. The minimum Gasteiger partial charge on any atom is -0.394 e. The van der Waals surface area contributed by atoms with Crippen molar-refractivity contribution in [2.45, 2.75) is 45.3 Å². The Morgan fingerprint density at radius 1 is 1.38 bits per heavy atom. The lowest BCUT2D eigenvalue weighted by molar-refractivity contribution is -0.114. The first-order valence-electron chi connectivity index (χ1n) is 4.80. The zero-order chi connectivity index (χ0) is 10.7. The molecule has 0 saturated carbocycles. The van der Waals surface area contributed by atoms with Crippen molar-refractivity contribution in [2.75, 3.05) is 6.61 Å². The summed E-state index contributed by atoms with van der Waals surface area (Å²) < 4.78 is 0. The maximum absolute atomic E-state index is 9.44. The molecule has 1 atom stereocenters. The Morgan fingerprint density at radius 3 is 2.15 bits per heavy atom. The standard InChI is InChI=1S/C6H16O2Si.C3H6O/c7-5-6(8)3-1-2-4-9;1-3(2)4/h6-8H,1-5H2,9H3;1-2H3. The average Bonchev–Trinajstić information content (AvgIpc) is 2.03. The topological polar surface area (TPSA) is 57.5 Å². The van der Waals surface area contributed by atoms with Crippen LogP contribution in [0.5, 0.6) is 0 Å². The molecule has 3 nitrogen and oxygen atoms in total. The molecule has 13 heavy (non-hydrogen) atoms. The molecule has 2 N–H and O–H groups in total. The number of rotatable bonds is 5. The molecule has 0 heterocycles. The zero-order valence-corrected chi connectivity index (χ0v) is 10.9. The van der Waals surface area contributed by atoms with Gasteiger partial charge in [-0.3, -0.25) is 0 Å². The number of hydrogen-bond donors (Lipinski definition) is 2. The van der Waals surface area contributed by atoms with Gasteiger partial charge in [0.1, 0.15) is 5.78 Å². The van der Waals surface area contributed by atoms with E-state index < -0.39 is 6.10 Å². The first-order valence-corrected chi connectivity index (χ1v) is 6.22. The Hall–Kier alpha value is -0.193. The molecule has 0 radical (unpaired) electrons. The highest BCUT2D eigenvalue weighted by molar-refractivity contribution is 6.08. The molecule has 0 saturated heterocycles. The van der Waals surface area contributed by atoms with Crippen LogP contribution in [0, 0.1) is 0 Å². The minimum atomic E-state index is -0.474. The van der Waals surface area contributed by atoms with Crippen molar-refractivity contribution >= 4 is 16.0 Å². The van der Waals surface area contributed by atoms with E-state index in [0.717, 1.165) is 12.8 Å². The van der Waals surface area contributed by atoms with E-state index in [1.165, 1.54) is 36.6 Å². The van der Waals surface area contributed by atoms with Gasteiger partial charge in [0.25, 0.3) is 0 Å². The van der Waals surface area contributed by atoms with Gasteiger partial charge in [-0.2, -0.15) is 0 Å². The minimum absolute atomic E-state index is 0.0822. The third kappa shape index (κ3) is 24.5. The van der Waals surface area contributed by atoms with Gasteiger partial charge in [0.05, 0.1) is 12.7 Å². The number of hydrogen-bond acceptors (Lipinski definition) is 3. The van der Waals surface area contributed by atoms with E-state index in [9.17, 15) is 4.79 Å². The number of aliphatic hydroxyl groups excluding tert-OH is 2. The lowest BCUT2D eigenvalue weighted by Gasteiger charge is -2.04. The van der Waals surface area contributed by atoms with E-state index >= 15 is 0 Å².